The molecule has 0 aliphatic heterocycles. The van der Waals surface area contributed by atoms with E-state index in [-0.39, 0.29) is 16.2 Å². The molecule has 2 aromatic carbocycles. The fourth-order valence-corrected chi connectivity index (χ4v) is 6.16. The van der Waals surface area contributed by atoms with Crippen molar-refractivity contribution >= 4 is 44.0 Å². The molecule has 9 heteroatoms. The largest absolute Gasteiger partial charge is 0.296 e. The van der Waals surface area contributed by atoms with Gasteiger partial charge in [0.15, 0.2) is 14.2 Å². The van der Waals surface area contributed by atoms with Crippen molar-refractivity contribution in [1.82, 2.24) is 10.2 Å². The van der Waals surface area contributed by atoms with Crippen LogP contribution in [-0.4, -0.2) is 36.0 Å². The predicted octanol–water partition coefficient (Wildman–Crippen LogP) is 4.70. The van der Waals surface area contributed by atoms with E-state index in [1.807, 2.05) is 18.2 Å². The van der Waals surface area contributed by atoms with E-state index in [1.54, 1.807) is 30.8 Å². The van der Waals surface area contributed by atoms with Crippen LogP contribution in [0.25, 0.3) is 0 Å². The van der Waals surface area contributed by atoms with Gasteiger partial charge in [0, 0.05) is 5.75 Å². The number of sulfone groups is 1. The molecule has 3 aromatic rings. The van der Waals surface area contributed by atoms with E-state index in [0.717, 1.165) is 22.9 Å². The van der Waals surface area contributed by atoms with Crippen molar-refractivity contribution in [3.05, 3.63) is 65.7 Å². The van der Waals surface area contributed by atoms with Gasteiger partial charge in [0.2, 0.25) is 5.13 Å². The number of nitrogens with one attached hydrogen (secondary N) is 1. The van der Waals surface area contributed by atoms with Gasteiger partial charge < -0.3 is 0 Å². The molecule has 158 valence electrons. The lowest BCUT2D eigenvalue weighted by Gasteiger charge is -2.09. The van der Waals surface area contributed by atoms with Gasteiger partial charge in [-0.3, -0.25) is 10.1 Å². The number of amides is 1. The molecule has 0 bridgehead atoms. The zero-order chi connectivity index (χ0) is 21.4. The lowest BCUT2D eigenvalue weighted by molar-refractivity contribution is 0.102. The number of carbonyl (C=O) groups is 1. The van der Waals surface area contributed by atoms with Crippen LogP contribution in [0.2, 0.25) is 0 Å². The van der Waals surface area contributed by atoms with E-state index in [2.05, 4.69) is 27.6 Å². The number of aromatic nitrogens is 2. The average Bonchev–Trinajstić information content (AvgIpc) is 3.19. The highest BCUT2D eigenvalue weighted by Crippen LogP contribution is 2.27. The maximum Gasteiger partial charge on any atom is 0.258 e. The van der Waals surface area contributed by atoms with Gasteiger partial charge in [0.05, 0.1) is 16.2 Å². The molecule has 1 aromatic heterocycles. The SMILES string of the molecule is CCCS(=O)(=O)c1ccccc1C(=O)Nc1nnc(SCCCc2ccccc2)s1. The Morgan fingerprint density at radius 2 is 1.80 bits per heavy atom. The highest BCUT2D eigenvalue weighted by Gasteiger charge is 2.22. The van der Waals surface area contributed by atoms with Crippen LogP contribution in [-0.2, 0) is 16.3 Å². The number of nitrogens with zero attached hydrogens (tertiary/aromatic N) is 2. The summed E-state index contributed by atoms with van der Waals surface area (Å²) in [6.45, 7) is 1.79. The van der Waals surface area contributed by atoms with Gasteiger partial charge in [-0.2, -0.15) is 0 Å². The molecular weight excluding hydrogens is 438 g/mol. The minimum Gasteiger partial charge on any atom is -0.296 e. The van der Waals surface area contributed by atoms with Crippen molar-refractivity contribution in [2.24, 2.45) is 0 Å². The lowest BCUT2D eigenvalue weighted by atomic mass is 10.1. The molecule has 30 heavy (non-hydrogen) atoms. The first-order valence-electron chi connectivity index (χ1n) is 9.63. The normalized spacial score (nSPS) is 11.4. The summed E-state index contributed by atoms with van der Waals surface area (Å²) in [5.74, 6) is 0.400. The number of benzene rings is 2. The van der Waals surface area contributed by atoms with Crippen LogP contribution in [0.1, 0.15) is 35.7 Å². The summed E-state index contributed by atoms with van der Waals surface area (Å²) >= 11 is 2.88. The Labute approximate surface area is 185 Å². The number of hydrogen-bond donors (Lipinski definition) is 1. The Hall–Kier alpha value is -2.23. The molecule has 1 N–H and O–H groups in total. The maximum atomic E-state index is 12.7. The Bertz CT molecular complexity index is 1080. The summed E-state index contributed by atoms with van der Waals surface area (Å²) in [5, 5.41) is 11.2. The summed E-state index contributed by atoms with van der Waals surface area (Å²) in [4.78, 5) is 12.7. The summed E-state index contributed by atoms with van der Waals surface area (Å²) < 4.78 is 25.7. The summed E-state index contributed by atoms with van der Waals surface area (Å²) in [7, 11) is -3.51. The van der Waals surface area contributed by atoms with E-state index in [4.69, 9.17) is 0 Å². The molecule has 0 radical (unpaired) electrons. The minimum atomic E-state index is -3.51. The van der Waals surface area contributed by atoms with Gasteiger partial charge in [-0.1, -0.05) is 72.5 Å². The first-order chi connectivity index (χ1) is 14.5. The Balaban J connectivity index is 1.58. The molecule has 0 saturated carbocycles. The number of carbonyl (C=O) groups excluding carboxylic acids is 1. The van der Waals surface area contributed by atoms with Crippen LogP contribution >= 0.6 is 23.1 Å². The third-order valence-electron chi connectivity index (χ3n) is 4.24. The Kier molecular flexibility index (Phi) is 8.01. The third kappa shape index (κ3) is 6.13. The van der Waals surface area contributed by atoms with Crippen LogP contribution < -0.4 is 5.32 Å². The molecule has 0 aliphatic rings. The van der Waals surface area contributed by atoms with Crippen LogP contribution in [0, 0.1) is 0 Å². The van der Waals surface area contributed by atoms with E-state index >= 15 is 0 Å². The van der Waals surface area contributed by atoms with Crippen LogP contribution in [0.15, 0.2) is 63.8 Å². The summed E-state index contributed by atoms with van der Waals surface area (Å²) in [6.07, 6.45) is 2.50. The molecule has 1 heterocycles. The van der Waals surface area contributed by atoms with Crippen molar-refractivity contribution < 1.29 is 13.2 Å². The average molecular weight is 462 g/mol. The Morgan fingerprint density at radius 3 is 2.57 bits per heavy atom. The van der Waals surface area contributed by atoms with Crippen molar-refractivity contribution in [2.45, 2.75) is 35.4 Å². The van der Waals surface area contributed by atoms with E-state index in [1.165, 1.54) is 29.0 Å². The van der Waals surface area contributed by atoms with Gasteiger partial charge in [-0.15, -0.1) is 10.2 Å². The molecule has 0 aliphatic carbocycles. The first-order valence-corrected chi connectivity index (χ1v) is 13.1. The van der Waals surface area contributed by atoms with E-state index < -0.39 is 15.7 Å². The molecule has 0 saturated heterocycles. The zero-order valence-corrected chi connectivity index (χ0v) is 19.0. The lowest BCUT2D eigenvalue weighted by Crippen LogP contribution is -2.17. The van der Waals surface area contributed by atoms with Crippen molar-refractivity contribution in [2.75, 3.05) is 16.8 Å². The van der Waals surface area contributed by atoms with Crippen molar-refractivity contribution in [1.29, 1.82) is 0 Å². The highest BCUT2D eigenvalue weighted by atomic mass is 32.2. The fourth-order valence-electron chi connectivity index (χ4n) is 2.87. The minimum absolute atomic E-state index is 0.000129. The summed E-state index contributed by atoms with van der Waals surface area (Å²) in [6, 6.07) is 16.5. The summed E-state index contributed by atoms with van der Waals surface area (Å²) in [5.41, 5.74) is 1.43. The third-order valence-corrected chi connectivity index (χ3v) is 8.27. The molecule has 0 spiro atoms. The van der Waals surface area contributed by atoms with Gasteiger partial charge in [-0.05, 0) is 37.0 Å². The van der Waals surface area contributed by atoms with Crippen LogP contribution in [0.3, 0.4) is 0 Å². The molecule has 0 atom stereocenters. The quantitative estimate of drug-likeness (QED) is 0.267. The molecule has 1 amide bonds. The number of hydrogen-bond acceptors (Lipinski definition) is 7. The fraction of sp³-hybridized carbons (Fsp3) is 0.286. The van der Waals surface area contributed by atoms with Gasteiger partial charge in [0.25, 0.3) is 5.91 Å². The molecular formula is C21H23N3O3S3. The molecule has 0 unspecified atom stereocenters. The molecule has 3 rings (SSSR count). The van der Waals surface area contributed by atoms with E-state index in [0.29, 0.717) is 11.6 Å². The van der Waals surface area contributed by atoms with Crippen LogP contribution in [0.4, 0.5) is 5.13 Å². The number of rotatable bonds is 10. The first kappa shape index (κ1) is 22.5. The highest BCUT2D eigenvalue weighted by molar-refractivity contribution is 8.01. The van der Waals surface area contributed by atoms with Crippen molar-refractivity contribution in [3.8, 4) is 0 Å². The predicted molar refractivity (Wildman–Crippen MR) is 122 cm³/mol. The molecule has 6 nitrogen and oxygen atoms in total. The second-order valence-electron chi connectivity index (χ2n) is 6.58. The number of aryl methyl sites for hydroxylation is 1. The van der Waals surface area contributed by atoms with Crippen molar-refractivity contribution in [3.63, 3.8) is 0 Å². The second kappa shape index (κ2) is 10.7. The monoisotopic (exact) mass is 461 g/mol. The van der Waals surface area contributed by atoms with Gasteiger partial charge in [-0.25, -0.2) is 8.42 Å². The standard InChI is InChI=1S/C21H23N3O3S3/c1-2-15-30(26,27)18-13-7-6-12-17(18)19(25)22-20-23-24-21(29-20)28-14-8-11-16-9-4-3-5-10-16/h3-7,9-10,12-13H,2,8,11,14-15H2,1H3,(H,22,23,25). The smallest absolute Gasteiger partial charge is 0.258 e. The maximum absolute atomic E-state index is 12.7. The molecule has 0 fully saturated rings. The Morgan fingerprint density at radius 1 is 1.07 bits per heavy atom. The van der Waals surface area contributed by atoms with E-state index in [9.17, 15) is 13.2 Å². The van der Waals surface area contributed by atoms with Gasteiger partial charge in [0.1, 0.15) is 0 Å². The topological polar surface area (TPSA) is 89.0 Å². The zero-order valence-electron chi connectivity index (χ0n) is 16.6. The number of anilines is 1. The second-order valence-corrected chi connectivity index (χ2v) is 11.0. The van der Waals surface area contributed by atoms with Gasteiger partial charge >= 0.3 is 0 Å². The van der Waals surface area contributed by atoms with Crippen LogP contribution in [0.5, 0.6) is 0 Å². The number of thioether (sulfide) groups is 1.